The predicted octanol–water partition coefficient (Wildman–Crippen LogP) is 5.50. The molecule has 2 rings (SSSR count). The van der Waals surface area contributed by atoms with Crippen LogP contribution < -0.4 is 5.73 Å². The highest BCUT2D eigenvalue weighted by atomic mass is 19.4. The first-order valence-electron chi connectivity index (χ1n) is 11.2. The number of piperidine rings is 1. The monoisotopic (exact) mass is 551 g/mol. The second-order valence-electron chi connectivity index (χ2n) is 8.67. The van der Waals surface area contributed by atoms with Gasteiger partial charge in [0.25, 0.3) is 6.10 Å². The van der Waals surface area contributed by atoms with Gasteiger partial charge in [0.2, 0.25) is 5.91 Å². The van der Waals surface area contributed by atoms with Crippen LogP contribution in [-0.2, 0) is 17.5 Å². The van der Waals surface area contributed by atoms with Gasteiger partial charge in [-0.2, -0.15) is 39.5 Å². The summed E-state index contributed by atoms with van der Waals surface area (Å²) in [6.45, 7) is 3.60. The van der Waals surface area contributed by atoms with E-state index in [-0.39, 0.29) is 32.5 Å². The lowest BCUT2D eigenvalue weighted by Crippen LogP contribution is -2.56. The molecule has 6 nitrogen and oxygen atoms in total. The molecule has 0 atom stereocenters. The summed E-state index contributed by atoms with van der Waals surface area (Å²) in [5, 5.41) is 0. The number of ether oxygens (including phenoxy) is 1. The number of primary amides is 1. The van der Waals surface area contributed by atoms with Crippen LogP contribution in [0.4, 0.5) is 44.3 Å². The van der Waals surface area contributed by atoms with Gasteiger partial charge in [0.1, 0.15) is 0 Å². The number of nitrogens with zero attached hydrogens (tertiary/aromatic N) is 2. The predicted molar refractivity (Wildman–Crippen MR) is 112 cm³/mol. The zero-order valence-electron chi connectivity index (χ0n) is 19.9. The molecule has 1 aliphatic rings. The molecule has 1 heterocycles. The van der Waals surface area contributed by atoms with Gasteiger partial charge in [-0.15, -0.1) is 0 Å². The Balaban J connectivity index is 2.19. The van der Waals surface area contributed by atoms with E-state index in [1.807, 2.05) is 4.90 Å². The van der Waals surface area contributed by atoms with Crippen molar-refractivity contribution in [3.63, 3.8) is 0 Å². The maximum atomic E-state index is 13.2. The van der Waals surface area contributed by atoms with Crippen LogP contribution in [0.2, 0.25) is 0 Å². The van der Waals surface area contributed by atoms with Crippen molar-refractivity contribution in [3.05, 3.63) is 34.9 Å². The molecular formula is C22H26F9N3O3. The summed E-state index contributed by atoms with van der Waals surface area (Å²) in [6.07, 6.45) is -21.7. The van der Waals surface area contributed by atoms with E-state index in [0.717, 1.165) is 17.0 Å². The number of nitrogens with two attached hydrogens (primary N) is 1. The molecule has 1 saturated heterocycles. The summed E-state index contributed by atoms with van der Waals surface area (Å²) in [5.41, 5.74) is 2.92. The molecule has 2 amide bonds. The van der Waals surface area contributed by atoms with Crippen LogP contribution in [0.3, 0.4) is 0 Å². The minimum Gasteiger partial charge on any atom is -0.426 e. The lowest BCUT2D eigenvalue weighted by molar-refractivity contribution is -0.308. The van der Waals surface area contributed by atoms with Gasteiger partial charge in [-0.05, 0) is 43.5 Å². The molecule has 0 spiro atoms. The molecule has 210 valence electrons. The highest BCUT2D eigenvalue weighted by Crippen LogP contribution is 2.38. The average molecular weight is 551 g/mol. The largest absolute Gasteiger partial charge is 0.434 e. The van der Waals surface area contributed by atoms with Crippen molar-refractivity contribution >= 4 is 12.0 Å². The number of benzene rings is 1. The molecule has 0 aromatic heterocycles. The van der Waals surface area contributed by atoms with E-state index in [0.29, 0.717) is 18.5 Å². The molecule has 2 N–H and O–H groups in total. The number of carbonyl (C=O) groups excluding carboxylic acids is 2. The second kappa shape index (κ2) is 11.0. The lowest BCUT2D eigenvalue weighted by atomic mass is 9.82. The van der Waals surface area contributed by atoms with Crippen LogP contribution >= 0.6 is 0 Å². The number of likely N-dealkylation sites (tertiary alicyclic amines) is 1. The third-order valence-electron chi connectivity index (χ3n) is 6.50. The summed E-state index contributed by atoms with van der Waals surface area (Å²) in [4.78, 5) is 26.3. The minimum atomic E-state index is -5.83. The Labute approximate surface area is 206 Å². The van der Waals surface area contributed by atoms with Gasteiger partial charge in [0.15, 0.2) is 0 Å². The Morgan fingerprint density at radius 3 is 1.97 bits per heavy atom. The smallest absolute Gasteiger partial charge is 0.426 e. The summed E-state index contributed by atoms with van der Waals surface area (Å²) in [5.74, 6) is -1.26. The second-order valence-corrected chi connectivity index (χ2v) is 8.67. The van der Waals surface area contributed by atoms with E-state index in [4.69, 9.17) is 5.73 Å². The maximum Gasteiger partial charge on any atom is 0.434 e. The number of hydrogen-bond donors (Lipinski definition) is 1. The van der Waals surface area contributed by atoms with Crippen LogP contribution in [0.5, 0.6) is 0 Å². The van der Waals surface area contributed by atoms with E-state index in [2.05, 4.69) is 4.74 Å². The zero-order valence-corrected chi connectivity index (χ0v) is 19.9. The van der Waals surface area contributed by atoms with E-state index >= 15 is 0 Å². The number of halogens is 9. The molecule has 0 aliphatic carbocycles. The molecule has 0 saturated carbocycles. The van der Waals surface area contributed by atoms with E-state index < -0.39 is 53.3 Å². The van der Waals surface area contributed by atoms with Crippen LogP contribution in [-0.4, -0.2) is 65.4 Å². The summed E-state index contributed by atoms with van der Waals surface area (Å²) < 4.78 is 120. The molecule has 0 unspecified atom stereocenters. The molecule has 1 aromatic rings. The normalized spacial score (nSPS) is 16.8. The number of alkyl halides is 9. The first kappa shape index (κ1) is 30.5. The number of rotatable bonds is 7. The van der Waals surface area contributed by atoms with Gasteiger partial charge >= 0.3 is 24.6 Å². The number of amides is 2. The van der Waals surface area contributed by atoms with E-state index in [1.165, 1.54) is 6.07 Å². The van der Waals surface area contributed by atoms with Crippen molar-refractivity contribution < 1.29 is 53.8 Å². The van der Waals surface area contributed by atoms with Crippen molar-refractivity contribution in [1.82, 2.24) is 9.80 Å². The van der Waals surface area contributed by atoms with Gasteiger partial charge < -0.3 is 15.4 Å². The quantitative estimate of drug-likeness (QED) is 0.455. The van der Waals surface area contributed by atoms with Crippen LogP contribution in [0.15, 0.2) is 18.2 Å². The Bertz CT molecular complexity index is 955. The fourth-order valence-corrected chi connectivity index (χ4v) is 4.47. The molecule has 0 bridgehead atoms. The Kier molecular flexibility index (Phi) is 9.03. The molecule has 1 aromatic carbocycles. The Morgan fingerprint density at radius 2 is 1.57 bits per heavy atom. The SMILES string of the molecule is CCN(Cc1ccc(C(F)(F)F)c(C(N)=O)c1)C1(CC)CCN(C(=O)OC(C(F)(F)F)C(F)(F)F)CC1. The fraction of sp³-hybridized carbons (Fsp3) is 0.636. The zero-order chi connectivity index (χ0) is 28.4. The lowest BCUT2D eigenvalue weighted by Gasteiger charge is -2.48. The van der Waals surface area contributed by atoms with Gasteiger partial charge in [-0.3, -0.25) is 9.69 Å². The summed E-state index contributed by atoms with van der Waals surface area (Å²) >= 11 is 0. The van der Waals surface area contributed by atoms with Crippen LogP contribution in [0.1, 0.15) is 54.6 Å². The summed E-state index contributed by atoms with van der Waals surface area (Å²) in [6, 6.07) is 2.98. The minimum absolute atomic E-state index is 0.0808. The third-order valence-corrected chi connectivity index (χ3v) is 6.50. The average Bonchev–Trinajstić information content (AvgIpc) is 2.78. The van der Waals surface area contributed by atoms with Gasteiger partial charge in [-0.25, -0.2) is 4.79 Å². The Morgan fingerprint density at radius 1 is 1.03 bits per heavy atom. The third kappa shape index (κ3) is 7.20. The Hall–Kier alpha value is -2.71. The van der Waals surface area contributed by atoms with Crippen molar-refractivity contribution in [3.8, 4) is 0 Å². The molecule has 15 heteroatoms. The maximum absolute atomic E-state index is 13.2. The first-order chi connectivity index (χ1) is 16.9. The van der Waals surface area contributed by atoms with Crippen molar-refractivity contribution in [1.29, 1.82) is 0 Å². The van der Waals surface area contributed by atoms with Gasteiger partial charge in [0.05, 0.1) is 11.1 Å². The highest BCUT2D eigenvalue weighted by molar-refractivity contribution is 5.94. The first-order valence-corrected chi connectivity index (χ1v) is 11.2. The van der Waals surface area contributed by atoms with Gasteiger partial charge in [0, 0.05) is 25.2 Å². The van der Waals surface area contributed by atoms with Crippen LogP contribution in [0, 0.1) is 0 Å². The molecule has 1 aliphatic heterocycles. The fourth-order valence-electron chi connectivity index (χ4n) is 4.47. The van der Waals surface area contributed by atoms with E-state index in [1.54, 1.807) is 13.8 Å². The number of hydrogen-bond acceptors (Lipinski definition) is 4. The highest BCUT2D eigenvalue weighted by Gasteiger charge is 2.60. The van der Waals surface area contributed by atoms with E-state index in [9.17, 15) is 49.1 Å². The molecule has 0 radical (unpaired) electrons. The molecular weight excluding hydrogens is 525 g/mol. The molecule has 1 fully saturated rings. The van der Waals surface area contributed by atoms with Crippen molar-refractivity contribution in [2.75, 3.05) is 19.6 Å². The summed E-state index contributed by atoms with van der Waals surface area (Å²) in [7, 11) is 0. The van der Waals surface area contributed by atoms with Gasteiger partial charge in [-0.1, -0.05) is 19.9 Å². The molecule has 37 heavy (non-hydrogen) atoms. The van der Waals surface area contributed by atoms with Crippen molar-refractivity contribution in [2.24, 2.45) is 5.73 Å². The van der Waals surface area contributed by atoms with Crippen molar-refractivity contribution in [2.45, 2.75) is 69.8 Å². The topological polar surface area (TPSA) is 75.9 Å². The number of carbonyl (C=O) groups is 2. The standard InChI is InChI=1S/C22H26F9N3O3/c1-3-19(7-9-33(10-8-19)18(36)37-17(21(26,27)28)22(29,30)31)34(4-2)12-13-5-6-15(20(23,24)25)14(11-13)16(32)35/h5-6,11,17H,3-4,7-10,12H2,1-2H3,(H2,32,35). The van der Waals surface area contributed by atoms with Crippen LogP contribution in [0.25, 0.3) is 0 Å².